The molecule has 0 aliphatic rings. The quantitative estimate of drug-likeness (QED) is 0.281. The largest absolute Gasteiger partial charge is 0.426 e. The molecular formula is C20H19Br2N3O5. The molecule has 0 aromatic heterocycles. The molecule has 30 heavy (non-hydrogen) atoms. The predicted molar refractivity (Wildman–Crippen MR) is 118 cm³/mol. The Balaban J connectivity index is 1.77. The van der Waals surface area contributed by atoms with E-state index in [1.165, 1.54) is 19.1 Å². The Morgan fingerprint density at radius 2 is 1.50 bits per heavy atom. The third-order valence-electron chi connectivity index (χ3n) is 3.69. The van der Waals surface area contributed by atoms with E-state index >= 15 is 0 Å². The Morgan fingerprint density at radius 3 is 2.17 bits per heavy atom. The molecule has 0 heterocycles. The van der Waals surface area contributed by atoms with Crippen LogP contribution in [0, 0.1) is 0 Å². The number of carbonyl (C=O) groups excluding carboxylic acids is 4. The molecular weight excluding hydrogens is 522 g/mol. The van der Waals surface area contributed by atoms with E-state index in [4.69, 9.17) is 4.74 Å². The highest BCUT2D eigenvalue weighted by atomic mass is 79.9. The van der Waals surface area contributed by atoms with Gasteiger partial charge in [0.2, 0.25) is 11.8 Å². The van der Waals surface area contributed by atoms with Crippen molar-refractivity contribution in [2.24, 2.45) is 0 Å². The van der Waals surface area contributed by atoms with Gasteiger partial charge in [-0.2, -0.15) is 0 Å². The van der Waals surface area contributed by atoms with Gasteiger partial charge in [-0.3, -0.25) is 30.0 Å². The fourth-order valence-corrected chi connectivity index (χ4v) is 2.97. The van der Waals surface area contributed by atoms with Crippen LogP contribution in [0.5, 0.6) is 5.75 Å². The SMILES string of the molecule is CC(=O)Oc1ccc(Br)cc1C(=O)NNC(=O)CCCC(=O)Nc1ccc(Br)cc1. The zero-order valence-electron chi connectivity index (χ0n) is 16.0. The first-order valence-electron chi connectivity index (χ1n) is 8.87. The Labute approximate surface area is 190 Å². The number of anilines is 1. The van der Waals surface area contributed by atoms with Crippen LogP contribution < -0.4 is 20.9 Å². The van der Waals surface area contributed by atoms with Crippen molar-refractivity contribution in [2.45, 2.75) is 26.2 Å². The molecule has 0 bridgehead atoms. The monoisotopic (exact) mass is 539 g/mol. The summed E-state index contributed by atoms with van der Waals surface area (Å²) in [5.41, 5.74) is 5.29. The molecule has 2 rings (SSSR count). The molecule has 0 saturated carbocycles. The first-order valence-corrected chi connectivity index (χ1v) is 10.5. The summed E-state index contributed by atoms with van der Waals surface area (Å²) in [7, 11) is 0. The molecule has 3 amide bonds. The van der Waals surface area contributed by atoms with Gasteiger partial charge in [-0.25, -0.2) is 0 Å². The van der Waals surface area contributed by atoms with Crippen molar-refractivity contribution in [2.75, 3.05) is 5.32 Å². The Hall–Kier alpha value is -2.72. The van der Waals surface area contributed by atoms with Gasteiger partial charge in [0.05, 0.1) is 5.56 Å². The molecule has 0 aliphatic carbocycles. The summed E-state index contributed by atoms with van der Waals surface area (Å²) in [5, 5.41) is 2.73. The Morgan fingerprint density at radius 1 is 0.867 bits per heavy atom. The van der Waals surface area contributed by atoms with Gasteiger partial charge in [0, 0.05) is 34.4 Å². The van der Waals surface area contributed by atoms with Gasteiger partial charge < -0.3 is 10.1 Å². The van der Waals surface area contributed by atoms with E-state index in [0.29, 0.717) is 16.6 Å². The maximum absolute atomic E-state index is 12.3. The van der Waals surface area contributed by atoms with Crippen molar-refractivity contribution in [3.05, 3.63) is 57.0 Å². The van der Waals surface area contributed by atoms with Gasteiger partial charge in [0.1, 0.15) is 5.75 Å². The molecule has 0 saturated heterocycles. The Bertz CT molecular complexity index is 948. The van der Waals surface area contributed by atoms with Crippen molar-refractivity contribution < 1.29 is 23.9 Å². The number of benzene rings is 2. The summed E-state index contributed by atoms with van der Waals surface area (Å²) in [6, 6.07) is 11.7. The summed E-state index contributed by atoms with van der Waals surface area (Å²) in [4.78, 5) is 47.3. The standard InChI is InChI=1S/C20H19Br2N3O5/c1-12(26)30-17-10-7-14(22)11-16(17)20(29)25-24-19(28)4-2-3-18(27)23-15-8-5-13(21)6-9-15/h5-11H,2-4H2,1H3,(H,23,27)(H,24,28)(H,25,29). The summed E-state index contributed by atoms with van der Waals surface area (Å²) >= 11 is 6.55. The van der Waals surface area contributed by atoms with Crippen LogP contribution in [-0.4, -0.2) is 23.7 Å². The van der Waals surface area contributed by atoms with E-state index in [1.54, 1.807) is 18.2 Å². The number of ether oxygens (including phenoxy) is 1. The second-order valence-electron chi connectivity index (χ2n) is 6.15. The number of nitrogens with one attached hydrogen (secondary N) is 3. The highest BCUT2D eigenvalue weighted by molar-refractivity contribution is 9.10. The number of esters is 1. The maximum Gasteiger partial charge on any atom is 0.308 e. The maximum atomic E-state index is 12.3. The van der Waals surface area contributed by atoms with Gasteiger partial charge in [0.15, 0.2) is 0 Å². The second kappa shape index (κ2) is 11.5. The van der Waals surface area contributed by atoms with Crippen LogP contribution in [0.4, 0.5) is 5.69 Å². The number of rotatable bonds is 7. The molecule has 0 spiro atoms. The van der Waals surface area contributed by atoms with Crippen LogP contribution in [0.3, 0.4) is 0 Å². The van der Waals surface area contributed by atoms with Gasteiger partial charge in [-0.05, 0) is 48.9 Å². The van der Waals surface area contributed by atoms with Crippen molar-refractivity contribution >= 4 is 61.2 Å². The third kappa shape index (κ3) is 7.96. The summed E-state index contributed by atoms with van der Waals surface area (Å²) in [5.74, 6) is -1.81. The molecule has 158 valence electrons. The van der Waals surface area contributed by atoms with Crippen LogP contribution >= 0.6 is 31.9 Å². The first-order chi connectivity index (χ1) is 14.2. The minimum absolute atomic E-state index is 0.0450. The van der Waals surface area contributed by atoms with E-state index in [0.717, 1.165) is 4.47 Å². The Kier molecular flexibility index (Phi) is 9.00. The van der Waals surface area contributed by atoms with Gasteiger partial charge in [-0.15, -0.1) is 0 Å². The van der Waals surface area contributed by atoms with E-state index < -0.39 is 17.8 Å². The van der Waals surface area contributed by atoms with Crippen LogP contribution in [0.2, 0.25) is 0 Å². The lowest BCUT2D eigenvalue weighted by atomic mass is 10.2. The predicted octanol–water partition coefficient (Wildman–Crippen LogP) is 3.71. The molecule has 8 nitrogen and oxygen atoms in total. The van der Waals surface area contributed by atoms with Crippen molar-refractivity contribution in [3.8, 4) is 5.75 Å². The zero-order valence-corrected chi connectivity index (χ0v) is 19.1. The lowest BCUT2D eigenvalue weighted by molar-refractivity contribution is -0.132. The van der Waals surface area contributed by atoms with Crippen molar-refractivity contribution in [1.82, 2.24) is 10.9 Å². The smallest absolute Gasteiger partial charge is 0.308 e. The van der Waals surface area contributed by atoms with Crippen molar-refractivity contribution in [1.29, 1.82) is 0 Å². The highest BCUT2D eigenvalue weighted by Crippen LogP contribution is 2.23. The van der Waals surface area contributed by atoms with E-state index in [-0.39, 0.29) is 30.1 Å². The van der Waals surface area contributed by atoms with Crippen LogP contribution in [0.1, 0.15) is 36.5 Å². The molecule has 0 radical (unpaired) electrons. The van der Waals surface area contributed by atoms with Gasteiger partial charge in [-0.1, -0.05) is 31.9 Å². The average molecular weight is 541 g/mol. The second-order valence-corrected chi connectivity index (χ2v) is 7.98. The molecule has 0 atom stereocenters. The van der Waals surface area contributed by atoms with E-state index in [9.17, 15) is 19.2 Å². The lowest BCUT2D eigenvalue weighted by Gasteiger charge is -2.11. The number of hydrogen-bond donors (Lipinski definition) is 3. The van der Waals surface area contributed by atoms with Crippen LogP contribution in [0.15, 0.2) is 51.4 Å². The molecule has 2 aromatic rings. The summed E-state index contributed by atoms with van der Waals surface area (Å²) in [6.45, 7) is 1.22. The van der Waals surface area contributed by atoms with Crippen LogP contribution in [0.25, 0.3) is 0 Å². The van der Waals surface area contributed by atoms with Crippen molar-refractivity contribution in [3.63, 3.8) is 0 Å². The summed E-state index contributed by atoms with van der Waals surface area (Å²) < 4.78 is 6.50. The molecule has 2 aromatic carbocycles. The van der Waals surface area contributed by atoms with E-state index in [2.05, 4.69) is 48.0 Å². The number of carbonyl (C=O) groups is 4. The lowest BCUT2D eigenvalue weighted by Crippen LogP contribution is -2.41. The fourth-order valence-electron chi connectivity index (χ4n) is 2.35. The summed E-state index contributed by atoms with van der Waals surface area (Å²) in [6.07, 6.45) is 0.503. The number of hydrogen-bond acceptors (Lipinski definition) is 5. The molecule has 10 heteroatoms. The van der Waals surface area contributed by atoms with E-state index in [1.807, 2.05) is 12.1 Å². The number of hydrazine groups is 1. The number of amides is 3. The third-order valence-corrected chi connectivity index (χ3v) is 4.71. The molecule has 0 unspecified atom stereocenters. The average Bonchev–Trinajstić information content (AvgIpc) is 2.69. The highest BCUT2D eigenvalue weighted by Gasteiger charge is 2.15. The normalized spacial score (nSPS) is 10.1. The topological polar surface area (TPSA) is 114 Å². The minimum atomic E-state index is -0.645. The minimum Gasteiger partial charge on any atom is -0.426 e. The zero-order chi connectivity index (χ0) is 22.1. The first kappa shape index (κ1) is 23.6. The molecule has 0 aliphatic heterocycles. The van der Waals surface area contributed by atoms with Crippen LogP contribution in [-0.2, 0) is 14.4 Å². The number of halogens is 2. The molecule has 0 fully saturated rings. The molecule has 3 N–H and O–H groups in total. The van der Waals surface area contributed by atoms with Gasteiger partial charge >= 0.3 is 5.97 Å². The fraction of sp³-hybridized carbons (Fsp3) is 0.200. The van der Waals surface area contributed by atoms with Gasteiger partial charge in [0.25, 0.3) is 5.91 Å².